The van der Waals surface area contributed by atoms with Crippen LogP contribution in [0.25, 0.3) is 0 Å². The van der Waals surface area contributed by atoms with Crippen LogP contribution in [0.1, 0.15) is 29.5 Å². The van der Waals surface area contributed by atoms with Gasteiger partial charge in [0.2, 0.25) is 0 Å². The molecule has 1 N–H and O–H groups in total. The first-order valence-electron chi connectivity index (χ1n) is 7.21. The molecule has 106 valence electrons. The molecule has 0 fully saturated rings. The Morgan fingerprint density at radius 2 is 1.90 bits per heavy atom. The summed E-state index contributed by atoms with van der Waals surface area (Å²) in [5.41, 5.74) is 2.43. The molecule has 0 aromatic heterocycles. The number of rotatable bonds is 1. The summed E-state index contributed by atoms with van der Waals surface area (Å²) in [5, 5.41) is 3.30. The Hall–Kier alpha value is -2.16. The Labute approximate surface area is 122 Å². The maximum absolute atomic E-state index is 14.1. The first-order chi connectivity index (χ1) is 10.2. The second kappa shape index (κ2) is 4.69. The smallest absolute Gasteiger partial charge is 0.146 e. The number of para-hydroxylation sites is 1. The highest BCUT2D eigenvalue weighted by Gasteiger charge is 2.38. The van der Waals surface area contributed by atoms with Crippen LogP contribution >= 0.6 is 0 Å². The van der Waals surface area contributed by atoms with Crippen LogP contribution in [0.5, 0.6) is 0 Å². The minimum Gasteiger partial charge on any atom is -0.375 e. The van der Waals surface area contributed by atoms with Crippen LogP contribution < -0.4 is 5.32 Å². The van der Waals surface area contributed by atoms with E-state index in [0.29, 0.717) is 11.6 Å². The Bertz CT molecular complexity index is 723. The number of benzene rings is 2. The van der Waals surface area contributed by atoms with Gasteiger partial charge in [-0.25, -0.2) is 8.78 Å². The highest BCUT2D eigenvalue weighted by atomic mass is 19.1. The summed E-state index contributed by atoms with van der Waals surface area (Å²) in [6.45, 7) is 0. The van der Waals surface area contributed by atoms with Crippen molar-refractivity contribution in [2.75, 3.05) is 5.32 Å². The van der Waals surface area contributed by atoms with Crippen molar-refractivity contribution in [2.45, 2.75) is 18.4 Å². The molecule has 2 aliphatic rings. The van der Waals surface area contributed by atoms with Crippen LogP contribution in [0.4, 0.5) is 14.5 Å². The predicted octanol–water partition coefficient (Wildman–Crippen LogP) is 4.79. The van der Waals surface area contributed by atoms with Crippen molar-refractivity contribution < 1.29 is 8.78 Å². The zero-order chi connectivity index (χ0) is 14.4. The van der Waals surface area contributed by atoms with E-state index < -0.39 is 0 Å². The summed E-state index contributed by atoms with van der Waals surface area (Å²) in [7, 11) is 0. The van der Waals surface area contributed by atoms with Crippen molar-refractivity contribution >= 4 is 5.69 Å². The van der Waals surface area contributed by atoms with E-state index in [1.54, 1.807) is 18.2 Å². The van der Waals surface area contributed by atoms with E-state index in [1.807, 2.05) is 12.1 Å². The van der Waals surface area contributed by atoms with Crippen molar-refractivity contribution in [3.05, 3.63) is 77.4 Å². The lowest BCUT2D eigenvalue weighted by Crippen LogP contribution is -2.29. The molecule has 0 radical (unpaired) electrons. The monoisotopic (exact) mass is 283 g/mol. The molecule has 0 amide bonds. The maximum Gasteiger partial charge on any atom is 0.146 e. The summed E-state index contributed by atoms with van der Waals surface area (Å²) in [4.78, 5) is 0. The lowest BCUT2D eigenvalue weighted by Gasteiger charge is -2.37. The van der Waals surface area contributed by atoms with Gasteiger partial charge in [-0.15, -0.1) is 0 Å². The Morgan fingerprint density at radius 3 is 2.76 bits per heavy atom. The van der Waals surface area contributed by atoms with Crippen molar-refractivity contribution in [3.8, 4) is 0 Å². The summed E-state index contributed by atoms with van der Waals surface area (Å²) >= 11 is 0. The third-order valence-electron chi connectivity index (χ3n) is 4.55. The highest BCUT2D eigenvalue weighted by Crippen LogP contribution is 2.50. The van der Waals surface area contributed by atoms with E-state index in [4.69, 9.17) is 0 Å². The van der Waals surface area contributed by atoms with Crippen LogP contribution in [0.15, 0.2) is 54.6 Å². The largest absolute Gasteiger partial charge is 0.375 e. The Kier molecular flexibility index (Phi) is 2.81. The fourth-order valence-corrected chi connectivity index (χ4v) is 3.61. The summed E-state index contributed by atoms with van der Waals surface area (Å²) in [6.07, 6.45) is 5.22. The Balaban J connectivity index is 1.83. The molecule has 0 saturated heterocycles. The number of hydrogen-bond donors (Lipinski definition) is 1. The lowest BCUT2D eigenvalue weighted by atomic mass is 9.77. The second-order valence-corrected chi connectivity index (χ2v) is 5.73. The van der Waals surface area contributed by atoms with Crippen molar-refractivity contribution in [3.63, 3.8) is 0 Å². The van der Waals surface area contributed by atoms with Crippen LogP contribution in [0.3, 0.4) is 0 Å². The molecule has 1 aliphatic carbocycles. The van der Waals surface area contributed by atoms with Gasteiger partial charge in [0.15, 0.2) is 0 Å². The first-order valence-corrected chi connectivity index (χ1v) is 7.21. The van der Waals surface area contributed by atoms with Crippen molar-refractivity contribution in [2.24, 2.45) is 5.92 Å². The van der Waals surface area contributed by atoms with Crippen LogP contribution in [0.2, 0.25) is 0 Å². The van der Waals surface area contributed by atoms with Gasteiger partial charge in [0.1, 0.15) is 11.6 Å². The van der Waals surface area contributed by atoms with Crippen molar-refractivity contribution in [1.29, 1.82) is 0 Å². The molecule has 0 unspecified atom stereocenters. The quantitative estimate of drug-likeness (QED) is 0.742. The number of hydrogen-bond acceptors (Lipinski definition) is 1. The molecule has 2 aromatic carbocycles. The number of nitrogens with one attached hydrogen (secondary N) is 1. The fourth-order valence-electron chi connectivity index (χ4n) is 3.61. The van der Waals surface area contributed by atoms with Crippen LogP contribution in [-0.2, 0) is 0 Å². The zero-order valence-electron chi connectivity index (χ0n) is 11.4. The standard InChI is InChI=1S/C18H15F2N/c19-12-5-1-4-11(10-12)17-14-7-2-6-13(14)15-8-3-9-16(20)18(15)21-17/h1-6,8-10,13-14,17,21H,7H2/t13-,14-,17+/m1/s1. The average molecular weight is 283 g/mol. The van der Waals surface area contributed by atoms with Gasteiger partial charge < -0.3 is 5.32 Å². The molecule has 4 rings (SSSR count). The summed E-state index contributed by atoms with van der Waals surface area (Å²) in [6, 6.07) is 11.7. The molecule has 2 aromatic rings. The third kappa shape index (κ3) is 1.96. The number of anilines is 1. The Morgan fingerprint density at radius 1 is 1.05 bits per heavy atom. The van der Waals surface area contributed by atoms with E-state index in [2.05, 4.69) is 17.5 Å². The van der Waals surface area contributed by atoms with E-state index >= 15 is 0 Å². The first kappa shape index (κ1) is 12.6. The van der Waals surface area contributed by atoms with Crippen molar-refractivity contribution in [1.82, 2.24) is 0 Å². The topological polar surface area (TPSA) is 12.0 Å². The summed E-state index contributed by atoms with van der Waals surface area (Å²) in [5.74, 6) is 0.00936. The molecule has 1 aliphatic heterocycles. The molecule has 0 bridgehead atoms. The SMILES string of the molecule is Fc1cccc([C@@H]2Nc3c(F)cccc3[C@@H]3C=CC[C@H]32)c1. The van der Waals surface area contributed by atoms with Gasteiger partial charge in [0, 0.05) is 5.92 Å². The summed E-state index contributed by atoms with van der Waals surface area (Å²) < 4.78 is 27.7. The number of fused-ring (bicyclic) bond motifs is 3. The maximum atomic E-state index is 14.1. The van der Waals surface area contributed by atoms with Gasteiger partial charge >= 0.3 is 0 Å². The van der Waals surface area contributed by atoms with Gasteiger partial charge in [0.05, 0.1) is 11.7 Å². The zero-order valence-corrected chi connectivity index (χ0v) is 11.4. The van der Waals surface area contributed by atoms with Crippen LogP contribution in [-0.4, -0.2) is 0 Å². The fraction of sp³-hybridized carbons (Fsp3) is 0.222. The lowest BCUT2D eigenvalue weighted by molar-refractivity contribution is 0.419. The van der Waals surface area contributed by atoms with Gasteiger partial charge in [0.25, 0.3) is 0 Å². The molecule has 1 nitrogen and oxygen atoms in total. The number of allylic oxidation sites excluding steroid dienone is 2. The average Bonchev–Trinajstić information content (AvgIpc) is 2.96. The van der Waals surface area contributed by atoms with E-state index in [1.165, 1.54) is 12.1 Å². The molecule has 1 heterocycles. The second-order valence-electron chi connectivity index (χ2n) is 5.73. The third-order valence-corrected chi connectivity index (χ3v) is 4.55. The minimum atomic E-state index is -0.254. The molecule has 3 atom stereocenters. The molecule has 0 saturated carbocycles. The van der Waals surface area contributed by atoms with Gasteiger partial charge in [-0.3, -0.25) is 0 Å². The molecule has 0 spiro atoms. The minimum absolute atomic E-state index is 0.0647. The van der Waals surface area contributed by atoms with Gasteiger partial charge in [-0.2, -0.15) is 0 Å². The van der Waals surface area contributed by atoms with Gasteiger partial charge in [-0.1, -0.05) is 36.4 Å². The molecular weight excluding hydrogens is 268 g/mol. The van der Waals surface area contributed by atoms with E-state index in [-0.39, 0.29) is 23.6 Å². The van der Waals surface area contributed by atoms with Gasteiger partial charge in [-0.05, 0) is 41.7 Å². The van der Waals surface area contributed by atoms with E-state index in [9.17, 15) is 8.78 Å². The highest BCUT2D eigenvalue weighted by molar-refractivity contribution is 5.60. The van der Waals surface area contributed by atoms with E-state index in [0.717, 1.165) is 17.5 Å². The number of halogens is 2. The molecule has 3 heteroatoms. The molecular formula is C18H15F2N. The molecule has 21 heavy (non-hydrogen) atoms. The predicted molar refractivity (Wildman–Crippen MR) is 79.2 cm³/mol. The normalized spacial score (nSPS) is 26.1. The van der Waals surface area contributed by atoms with Crippen LogP contribution in [0, 0.1) is 17.6 Å².